The number of benzene rings is 1. The van der Waals surface area contributed by atoms with Gasteiger partial charge in [-0.2, -0.15) is 0 Å². The van der Waals surface area contributed by atoms with Gasteiger partial charge in [0.1, 0.15) is 0 Å². The predicted octanol–water partition coefficient (Wildman–Crippen LogP) is 1.17. The fourth-order valence-electron chi connectivity index (χ4n) is 2.31. The Morgan fingerprint density at radius 1 is 1.50 bits per heavy atom. The summed E-state index contributed by atoms with van der Waals surface area (Å²) in [6, 6.07) is 2.83. The van der Waals surface area contributed by atoms with Crippen LogP contribution in [0.15, 0.2) is 17.0 Å². The average molecular weight is 302 g/mol. The molecule has 1 aromatic rings. The maximum atomic E-state index is 13.9. The van der Waals surface area contributed by atoms with Gasteiger partial charge in [0.05, 0.1) is 12.0 Å². The SMILES string of the molecule is COc1ccc(S(=O)(=O)NCC2CCCN2)c(C)c1F. The first kappa shape index (κ1) is 15.2. The topological polar surface area (TPSA) is 67.4 Å². The molecule has 1 aliphatic rings. The zero-order valence-electron chi connectivity index (χ0n) is 11.6. The summed E-state index contributed by atoms with van der Waals surface area (Å²) in [6.45, 7) is 2.65. The van der Waals surface area contributed by atoms with Gasteiger partial charge in [-0.05, 0) is 38.4 Å². The minimum Gasteiger partial charge on any atom is -0.494 e. The van der Waals surface area contributed by atoms with Crippen LogP contribution in [0, 0.1) is 12.7 Å². The number of hydrogen-bond acceptors (Lipinski definition) is 4. The van der Waals surface area contributed by atoms with Crippen LogP contribution in [-0.4, -0.2) is 34.7 Å². The molecular formula is C13H19FN2O3S. The van der Waals surface area contributed by atoms with Gasteiger partial charge >= 0.3 is 0 Å². The minimum atomic E-state index is -3.71. The lowest BCUT2D eigenvalue weighted by atomic mass is 10.2. The third kappa shape index (κ3) is 3.11. The Morgan fingerprint density at radius 3 is 2.85 bits per heavy atom. The van der Waals surface area contributed by atoms with Gasteiger partial charge in [-0.25, -0.2) is 17.5 Å². The van der Waals surface area contributed by atoms with Crippen LogP contribution in [0.4, 0.5) is 4.39 Å². The van der Waals surface area contributed by atoms with Gasteiger partial charge in [-0.1, -0.05) is 0 Å². The van der Waals surface area contributed by atoms with Crippen molar-refractivity contribution in [2.75, 3.05) is 20.2 Å². The van der Waals surface area contributed by atoms with Gasteiger partial charge < -0.3 is 10.1 Å². The summed E-state index contributed by atoms with van der Waals surface area (Å²) in [7, 11) is -2.37. The molecule has 0 amide bonds. The van der Waals surface area contributed by atoms with E-state index in [0.717, 1.165) is 19.4 Å². The summed E-state index contributed by atoms with van der Waals surface area (Å²) >= 11 is 0. The Hall–Kier alpha value is -1.18. The van der Waals surface area contributed by atoms with Crippen molar-refractivity contribution in [3.63, 3.8) is 0 Å². The molecule has 1 aromatic carbocycles. The first-order valence-corrected chi connectivity index (χ1v) is 8.00. The van der Waals surface area contributed by atoms with Crippen LogP contribution in [0.2, 0.25) is 0 Å². The van der Waals surface area contributed by atoms with Crippen molar-refractivity contribution in [3.05, 3.63) is 23.5 Å². The van der Waals surface area contributed by atoms with Crippen molar-refractivity contribution in [3.8, 4) is 5.75 Å². The number of methoxy groups -OCH3 is 1. The first-order chi connectivity index (χ1) is 9.45. The fraction of sp³-hybridized carbons (Fsp3) is 0.538. The third-order valence-corrected chi connectivity index (χ3v) is 5.06. The van der Waals surface area contributed by atoms with Crippen LogP contribution < -0.4 is 14.8 Å². The Bertz CT molecular complexity index is 584. The Morgan fingerprint density at radius 2 is 2.25 bits per heavy atom. The van der Waals surface area contributed by atoms with E-state index in [1.54, 1.807) is 0 Å². The van der Waals surface area contributed by atoms with Crippen LogP contribution in [0.3, 0.4) is 0 Å². The number of halogens is 1. The van der Waals surface area contributed by atoms with Gasteiger partial charge in [0, 0.05) is 18.2 Å². The Labute approximate surface area is 118 Å². The van der Waals surface area contributed by atoms with Gasteiger partial charge in [0.2, 0.25) is 10.0 Å². The number of rotatable bonds is 5. The lowest BCUT2D eigenvalue weighted by molar-refractivity contribution is 0.384. The van der Waals surface area contributed by atoms with Crippen LogP contribution in [-0.2, 0) is 10.0 Å². The lowest BCUT2D eigenvalue weighted by Gasteiger charge is -2.14. The number of hydrogen-bond donors (Lipinski definition) is 2. The molecule has 1 fully saturated rings. The summed E-state index contributed by atoms with van der Waals surface area (Å²) in [4.78, 5) is -0.0474. The standard InChI is InChI=1S/C13H19FN2O3S/c1-9-12(6-5-11(19-2)13(9)14)20(17,18)16-8-10-4-3-7-15-10/h5-6,10,15-16H,3-4,7-8H2,1-2H3. The van der Waals surface area contributed by atoms with E-state index in [-0.39, 0.29) is 22.3 Å². The molecule has 1 aliphatic heterocycles. The zero-order valence-corrected chi connectivity index (χ0v) is 12.4. The van der Waals surface area contributed by atoms with Crippen LogP contribution in [0.25, 0.3) is 0 Å². The van der Waals surface area contributed by atoms with Crippen LogP contribution in [0.5, 0.6) is 5.75 Å². The van der Waals surface area contributed by atoms with Gasteiger partial charge in [0.15, 0.2) is 11.6 Å². The van der Waals surface area contributed by atoms with Crippen LogP contribution in [0.1, 0.15) is 18.4 Å². The van der Waals surface area contributed by atoms with Crippen molar-refractivity contribution in [1.29, 1.82) is 0 Å². The maximum absolute atomic E-state index is 13.9. The van der Waals surface area contributed by atoms with Crippen molar-refractivity contribution >= 4 is 10.0 Å². The molecular weight excluding hydrogens is 283 g/mol. The molecule has 0 radical (unpaired) electrons. The largest absolute Gasteiger partial charge is 0.494 e. The van der Waals surface area contributed by atoms with E-state index >= 15 is 0 Å². The highest BCUT2D eigenvalue weighted by Gasteiger charge is 2.23. The molecule has 0 bridgehead atoms. The van der Waals surface area contributed by atoms with Gasteiger partial charge in [0.25, 0.3) is 0 Å². The van der Waals surface area contributed by atoms with Gasteiger partial charge in [-0.15, -0.1) is 0 Å². The monoisotopic (exact) mass is 302 g/mol. The molecule has 0 aliphatic carbocycles. The zero-order chi connectivity index (χ0) is 14.8. The number of ether oxygens (including phenoxy) is 1. The Balaban J connectivity index is 2.18. The molecule has 1 saturated heterocycles. The molecule has 5 nitrogen and oxygen atoms in total. The number of sulfonamides is 1. The highest BCUT2D eigenvalue weighted by atomic mass is 32.2. The maximum Gasteiger partial charge on any atom is 0.240 e. The normalized spacial score (nSPS) is 19.2. The average Bonchev–Trinajstić information content (AvgIpc) is 2.92. The van der Waals surface area contributed by atoms with Crippen molar-refractivity contribution in [2.45, 2.75) is 30.7 Å². The second-order valence-electron chi connectivity index (χ2n) is 4.85. The smallest absolute Gasteiger partial charge is 0.240 e. The van der Waals surface area contributed by atoms with E-state index < -0.39 is 15.8 Å². The van der Waals surface area contributed by atoms with E-state index in [0.29, 0.717) is 6.54 Å². The van der Waals surface area contributed by atoms with Crippen molar-refractivity contribution in [1.82, 2.24) is 10.0 Å². The Kier molecular flexibility index (Phi) is 4.62. The first-order valence-electron chi connectivity index (χ1n) is 6.52. The van der Waals surface area contributed by atoms with E-state index in [9.17, 15) is 12.8 Å². The highest BCUT2D eigenvalue weighted by molar-refractivity contribution is 7.89. The van der Waals surface area contributed by atoms with E-state index in [2.05, 4.69) is 10.0 Å². The number of nitrogens with one attached hydrogen (secondary N) is 2. The molecule has 1 heterocycles. The minimum absolute atomic E-state index is 0.0407. The summed E-state index contributed by atoms with van der Waals surface area (Å²) in [5, 5.41) is 3.20. The molecule has 2 N–H and O–H groups in total. The van der Waals surface area contributed by atoms with Crippen molar-refractivity contribution < 1.29 is 17.5 Å². The van der Waals surface area contributed by atoms with E-state index in [4.69, 9.17) is 4.74 Å². The van der Waals surface area contributed by atoms with Crippen LogP contribution >= 0.6 is 0 Å². The summed E-state index contributed by atoms with van der Waals surface area (Å²) in [6.07, 6.45) is 1.99. The molecule has 0 aromatic heterocycles. The third-order valence-electron chi connectivity index (χ3n) is 3.49. The molecule has 0 spiro atoms. The molecule has 112 valence electrons. The van der Waals surface area contributed by atoms with E-state index in [1.165, 1.54) is 26.2 Å². The highest BCUT2D eigenvalue weighted by Crippen LogP contribution is 2.25. The summed E-state index contributed by atoms with van der Waals surface area (Å²) in [5.74, 6) is -0.603. The fourth-order valence-corrected chi connectivity index (χ4v) is 3.63. The lowest BCUT2D eigenvalue weighted by Crippen LogP contribution is -2.37. The molecule has 20 heavy (non-hydrogen) atoms. The second-order valence-corrected chi connectivity index (χ2v) is 6.59. The summed E-state index contributed by atoms with van der Waals surface area (Å²) in [5.41, 5.74) is 0.0660. The molecule has 1 unspecified atom stereocenters. The molecule has 0 saturated carbocycles. The molecule has 1 atom stereocenters. The van der Waals surface area contributed by atoms with E-state index in [1.807, 2.05) is 0 Å². The molecule has 7 heteroatoms. The quantitative estimate of drug-likeness (QED) is 0.857. The predicted molar refractivity (Wildman–Crippen MR) is 73.9 cm³/mol. The molecule has 2 rings (SSSR count). The second kappa shape index (κ2) is 6.07. The van der Waals surface area contributed by atoms with Crippen molar-refractivity contribution in [2.24, 2.45) is 0 Å². The summed E-state index contributed by atoms with van der Waals surface area (Å²) < 4.78 is 45.7. The van der Waals surface area contributed by atoms with Gasteiger partial charge in [-0.3, -0.25) is 0 Å².